The zero-order valence-electron chi connectivity index (χ0n) is 18.6. The summed E-state index contributed by atoms with van der Waals surface area (Å²) in [4.78, 5) is 27.3. The molecule has 168 valence electrons. The first-order chi connectivity index (χ1) is 15.5. The molecule has 0 saturated carbocycles. The SMILES string of the molecule is CCOc1ccc(/C=C/C(=O)Nc2cc3c(cc2N2CCOCC2)n(C)c(=O)n3C)cc1. The fourth-order valence-corrected chi connectivity index (χ4v) is 3.89. The molecule has 32 heavy (non-hydrogen) atoms. The molecule has 8 nitrogen and oxygen atoms in total. The number of nitrogens with one attached hydrogen (secondary N) is 1. The maximum Gasteiger partial charge on any atom is 0.328 e. The Labute approximate surface area is 186 Å². The summed E-state index contributed by atoms with van der Waals surface area (Å²) in [6.45, 7) is 5.23. The monoisotopic (exact) mass is 436 g/mol. The molecule has 1 aromatic heterocycles. The van der Waals surface area contributed by atoms with Gasteiger partial charge >= 0.3 is 5.69 Å². The van der Waals surface area contributed by atoms with E-state index in [0.29, 0.717) is 25.5 Å². The van der Waals surface area contributed by atoms with Crippen LogP contribution in [0.5, 0.6) is 5.75 Å². The normalized spacial score (nSPS) is 14.3. The van der Waals surface area contributed by atoms with Crippen molar-refractivity contribution in [3.63, 3.8) is 0 Å². The second-order valence-electron chi connectivity index (χ2n) is 7.68. The summed E-state index contributed by atoms with van der Waals surface area (Å²) >= 11 is 0. The van der Waals surface area contributed by atoms with Gasteiger partial charge in [-0.3, -0.25) is 13.9 Å². The predicted molar refractivity (Wildman–Crippen MR) is 126 cm³/mol. The van der Waals surface area contributed by atoms with Crippen molar-refractivity contribution in [1.29, 1.82) is 0 Å². The maximum absolute atomic E-state index is 12.7. The highest BCUT2D eigenvalue weighted by Crippen LogP contribution is 2.31. The number of carbonyl (C=O) groups excluding carboxylic acids is 1. The lowest BCUT2D eigenvalue weighted by Gasteiger charge is -2.30. The summed E-state index contributed by atoms with van der Waals surface area (Å²) in [6, 6.07) is 11.4. The van der Waals surface area contributed by atoms with E-state index >= 15 is 0 Å². The van der Waals surface area contributed by atoms with Crippen molar-refractivity contribution < 1.29 is 14.3 Å². The average molecular weight is 437 g/mol. The molecule has 1 amide bonds. The van der Waals surface area contributed by atoms with E-state index in [1.165, 1.54) is 6.08 Å². The van der Waals surface area contributed by atoms with Gasteiger partial charge in [-0.2, -0.15) is 0 Å². The van der Waals surface area contributed by atoms with Crippen LogP contribution in [0.1, 0.15) is 12.5 Å². The standard InChI is InChI=1S/C24H28N4O4/c1-4-32-18-8-5-17(6-9-18)7-10-23(29)25-19-15-21-22(27(3)24(30)26(21)2)16-20(19)28-11-13-31-14-12-28/h5-10,15-16H,4,11-14H2,1-3H3,(H,25,29)/b10-7+. The number of amides is 1. The van der Waals surface area contributed by atoms with E-state index in [9.17, 15) is 9.59 Å². The lowest BCUT2D eigenvalue weighted by atomic mass is 10.2. The Hall–Kier alpha value is -3.52. The van der Waals surface area contributed by atoms with Crippen LogP contribution in [-0.2, 0) is 23.6 Å². The number of hydrogen-bond donors (Lipinski definition) is 1. The fourth-order valence-electron chi connectivity index (χ4n) is 3.89. The topological polar surface area (TPSA) is 77.7 Å². The van der Waals surface area contributed by atoms with Gasteiger partial charge in [0.1, 0.15) is 5.75 Å². The van der Waals surface area contributed by atoms with Gasteiger partial charge < -0.3 is 19.7 Å². The molecule has 3 aromatic rings. The number of aromatic nitrogens is 2. The Morgan fingerprint density at radius 3 is 2.41 bits per heavy atom. The first-order valence-corrected chi connectivity index (χ1v) is 10.7. The number of morpholine rings is 1. The van der Waals surface area contributed by atoms with Gasteiger partial charge in [0.05, 0.1) is 42.2 Å². The van der Waals surface area contributed by atoms with Crippen LogP contribution in [0, 0.1) is 0 Å². The van der Waals surface area contributed by atoms with Crippen molar-refractivity contribution in [2.45, 2.75) is 6.92 Å². The third-order valence-electron chi connectivity index (χ3n) is 5.62. The molecule has 1 aliphatic rings. The van der Waals surface area contributed by atoms with E-state index < -0.39 is 0 Å². The van der Waals surface area contributed by atoms with Crippen molar-refractivity contribution in [3.8, 4) is 5.75 Å². The third-order valence-corrected chi connectivity index (χ3v) is 5.62. The molecule has 0 unspecified atom stereocenters. The summed E-state index contributed by atoms with van der Waals surface area (Å²) in [7, 11) is 3.49. The van der Waals surface area contributed by atoms with Crippen LogP contribution in [-0.4, -0.2) is 48.0 Å². The van der Waals surface area contributed by atoms with Gasteiger partial charge in [-0.15, -0.1) is 0 Å². The molecule has 1 N–H and O–H groups in total. The summed E-state index contributed by atoms with van der Waals surface area (Å²) in [5, 5.41) is 3.00. The number of imidazole rings is 1. The van der Waals surface area contributed by atoms with Gasteiger partial charge in [-0.25, -0.2) is 4.79 Å². The van der Waals surface area contributed by atoms with Crippen molar-refractivity contribution in [2.24, 2.45) is 14.1 Å². The van der Waals surface area contributed by atoms with Gasteiger partial charge in [-0.05, 0) is 42.8 Å². The molecule has 1 fully saturated rings. The summed E-state index contributed by atoms with van der Waals surface area (Å²) in [5.41, 5.74) is 3.93. The van der Waals surface area contributed by atoms with Crippen molar-refractivity contribution in [1.82, 2.24) is 9.13 Å². The minimum absolute atomic E-state index is 0.105. The average Bonchev–Trinajstić information content (AvgIpc) is 3.02. The highest BCUT2D eigenvalue weighted by molar-refractivity contribution is 6.05. The van der Waals surface area contributed by atoms with Crippen molar-refractivity contribution >= 4 is 34.4 Å². The van der Waals surface area contributed by atoms with Crippen LogP contribution in [0.3, 0.4) is 0 Å². The number of rotatable bonds is 6. The molecule has 8 heteroatoms. The predicted octanol–water partition coefficient (Wildman–Crippen LogP) is 2.76. The van der Waals surface area contributed by atoms with E-state index in [1.54, 1.807) is 29.3 Å². The second kappa shape index (κ2) is 9.32. The number of fused-ring (bicyclic) bond motifs is 1. The molecule has 0 bridgehead atoms. The van der Waals surface area contributed by atoms with E-state index in [4.69, 9.17) is 9.47 Å². The van der Waals surface area contributed by atoms with E-state index in [1.807, 2.05) is 43.3 Å². The van der Waals surface area contributed by atoms with Crippen molar-refractivity contribution in [2.75, 3.05) is 43.1 Å². The largest absolute Gasteiger partial charge is 0.494 e. The number of carbonyl (C=O) groups is 1. The Balaban J connectivity index is 1.62. The van der Waals surface area contributed by atoms with E-state index in [-0.39, 0.29) is 11.6 Å². The van der Waals surface area contributed by atoms with Crippen LogP contribution in [0.15, 0.2) is 47.3 Å². The smallest absolute Gasteiger partial charge is 0.328 e. The van der Waals surface area contributed by atoms with Gasteiger partial charge in [0, 0.05) is 33.3 Å². The Kier molecular flexibility index (Phi) is 6.32. The van der Waals surface area contributed by atoms with Crippen LogP contribution in [0.25, 0.3) is 17.1 Å². The molecule has 2 heterocycles. The Morgan fingerprint density at radius 1 is 1.09 bits per heavy atom. The minimum Gasteiger partial charge on any atom is -0.494 e. The minimum atomic E-state index is -0.242. The number of benzene rings is 2. The molecular weight excluding hydrogens is 408 g/mol. The zero-order valence-corrected chi connectivity index (χ0v) is 18.6. The molecule has 0 spiro atoms. The van der Waals surface area contributed by atoms with Gasteiger partial charge in [0.2, 0.25) is 5.91 Å². The number of aryl methyl sites for hydroxylation is 2. The van der Waals surface area contributed by atoms with Crippen LogP contribution in [0.2, 0.25) is 0 Å². The molecule has 0 aliphatic carbocycles. The summed E-state index contributed by atoms with van der Waals surface area (Å²) < 4.78 is 14.1. The van der Waals surface area contributed by atoms with Crippen LogP contribution < -0.4 is 20.6 Å². The van der Waals surface area contributed by atoms with Gasteiger partial charge in [0.25, 0.3) is 0 Å². The molecular formula is C24H28N4O4. The summed E-state index contributed by atoms with van der Waals surface area (Å²) in [6.07, 6.45) is 3.27. The quantitative estimate of drug-likeness (QED) is 0.602. The van der Waals surface area contributed by atoms with E-state index in [0.717, 1.165) is 41.1 Å². The first kappa shape index (κ1) is 21.7. The third kappa shape index (κ3) is 4.40. The number of anilines is 2. The molecule has 1 saturated heterocycles. The van der Waals surface area contributed by atoms with Gasteiger partial charge in [-0.1, -0.05) is 12.1 Å². The van der Waals surface area contributed by atoms with Crippen LogP contribution in [0.4, 0.5) is 11.4 Å². The molecule has 1 aliphatic heterocycles. The molecule has 0 atom stereocenters. The lowest BCUT2D eigenvalue weighted by molar-refractivity contribution is -0.111. The Morgan fingerprint density at radius 2 is 1.75 bits per heavy atom. The molecule has 4 rings (SSSR count). The van der Waals surface area contributed by atoms with Gasteiger partial charge in [0.15, 0.2) is 0 Å². The maximum atomic E-state index is 12.7. The number of ether oxygens (including phenoxy) is 2. The highest BCUT2D eigenvalue weighted by Gasteiger charge is 2.19. The molecule has 0 radical (unpaired) electrons. The second-order valence-corrected chi connectivity index (χ2v) is 7.68. The lowest BCUT2D eigenvalue weighted by Crippen LogP contribution is -2.36. The van der Waals surface area contributed by atoms with E-state index in [2.05, 4.69) is 10.2 Å². The van der Waals surface area contributed by atoms with Crippen LogP contribution >= 0.6 is 0 Å². The zero-order chi connectivity index (χ0) is 22.7. The fraction of sp³-hybridized carbons (Fsp3) is 0.333. The summed E-state index contributed by atoms with van der Waals surface area (Å²) in [5.74, 6) is 0.555. The Bertz CT molecular complexity index is 1200. The number of nitrogens with zero attached hydrogens (tertiary/aromatic N) is 3. The van der Waals surface area contributed by atoms with Crippen molar-refractivity contribution in [3.05, 3.63) is 58.5 Å². The molecule has 2 aromatic carbocycles. The number of hydrogen-bond acceptors (Lipinski definition) is 5. The highest BCUT2D eigenvalue weighted by atomic mass is 16.5. The first-order valence-electron chi connectivity index (χ1n) is 10.7.